The molecule has 2 aromatic carbocycles. The monoisotopic (exact) mass is 583 g/mol. The first kappa shape index (κ1) is 28.9. The molecule has 0 radical (unpaired) electrons. The maximum Gasteiger partial charge on any atom is 0.434 e. The number of nitrogens with zero attached hydrogens (tertiary/aromatic N) is 2. The Labute approximate surface area is 228 Å². The van der Waals surface area contributed by atoms with Crippen molar-refractivity contribution >= 4 is 29.1 Å². The van der Waals surface area contributed by atoms with Crippen LogP contribution in [0, 0.1) is 5.41 Å². The Kier molecular flexibility index (Phi) is 7.84. The molecule has 2 unspecified atom stereocenters. The van der Waals surface area contributed by atoms with Gasteiger partial charge in [-0.05, 0) is 48.2 Å². The van der Waals surface area contributed by atoms with E-state index in [0.717, 1.165) is 6.08 Å². The first-order valence-electron chi connectivity index (χ1n) is 11.7. The summed E-state index contributed by atoms with van der Waals surface area (Å²) < 4.78 is 85.2. The number of aromatic nitrogens is 2. The van der Waals surface area contributed by atoms with Gasteiger partial charge in [0.1, 0.15) is 6.04 Å². The summed E-state index contributed by atoms with van der Waals surface area (Å²) in [6.45, 7) is 0. The predicted octanol–water partition coefficient (Wildman–Crippen LogP) is 6.71. The second-order valence-corrected chi connectivity index (χ2v) is 9.51. The van der Waals surface area contributed by atoms with Crippen molar-refractivity contribution < 1.29 is 41.0 Å². The molecule has 1 aromatic heterocycles. The van der Waals surface area contributed by atoms with Gasteiger partial charge < -0.3 is 10.4 Å². The third kappa shape index (κ3) is 5.91. The average molecular weight is 584 g/mol. The van der Waals surface area contributed by atoms with Gasteiger partial charge in [0.25, 0.3) is 5.91 Å². The summed E-state index contributed by atoms with van der Waals surface area (Å²) in [7, 11) is 0. The smallest absolute Gasteiger partial charge is 0.434 e. The van der Waals surface area contributed by atoms with Gasteiger partial charge in [0.05, 0.1) is 22.9 Å². The van der Waals surface area contributed by atoms with Crippen LogP contribution in [0.2, 0.25) is 5.02 Å². The third-order valence-electron chi connectivity index (χ3n) is 6.47. The summed E-state index contributed by atoms with van der Waals surface area (Å²) in [4.78, 5) is 24.9. The van der Waals surface area contributed by atoms with E-state index in [0.29, 0.717) is 22.0 Å². The number of hydrogen-bond donors (Lipinski definition) is 2. The van der Waals surface area contributed by atoms with E-state index in [2.05, 4.69) is 5.10 Å². The number of benzene rings is 2. The summed E-state index contributed by atoms with van der Waals surface area (Å²) in [5, 5.41) is 15.3. The van der Waals surface area contributed by atoms with E-state index in [4.69, 9.17) is 11.6 Å². The first-order chi connectivity index (χ1) is 18.7. The van der Waals surface area contributed by atoms with Crippen molar-refractivity contribution in [1.29, 1.82) is 0 Å². The van der Waals surface area contributed by atoms with Crippen molar-refractivity contribution in [1.82, 2.24) is 15.1 Å². The fourth-order valence-corrected chi connectivity index (χ4v) is 4.49. The van der Waals surface area contributed by atoms with Crippen molar-refractivity contribution in [3.8, 4) is 5.69 Å². The minimum absolute atomic E-state index is 0.102. The van der Waals surface area contributed by atoms with E-state index < -0.39 is 59.8 Å². The number of aliphatic carboxylic acids is 1. The second kappa shape index (κ2) is 10.8. The van der Waals surface area contributed by atoms with Gasteiger partial charge in [-0.25, -0.2) is 9.48 Å². The van der Waals surface area contributed by atoms with Crippen LogP contribution in [0.25, 0.3) is 11.3 Å². The van der Waals surface area contributed by atoms with Crippen LogP contribution in [0.1, 0.15) is 34.5 Å². The molecule has 0 fully saturated rings. The number of halogens is 7. The van der Waals surface area contributed by atoms with Gasteiger partial charge in [-0.3, -0.25) is 4.79 Å². The Bertz CT molecular complexity index is 1460. The molecule has 2 atom stereocenters. The molecule has 6 nitrogen and oxygen atoms in total. The molecule has 4 rings (SSSR count). The fraction of sp³-hybridized carbons (Fsp3) is 0.222. The highest BCUT2D eigenvalue weighted by Gasteiger charge is 2.55. The maximum atomic E-state index is 14.3. The van der Waals surface area contributed by atoms with Gasteiger partial charge in [-0.1, -0.05) is 60.2 Å². The molecule has 1 heterocycles. The first-order valence-corrected chi connectivity index (χ1v) is 12.1. The summed E-state index contributed by atoms with van der Waals surface area (Å²) in [5.74, 6) is -3.39. The number of allylic oxidation sites excluding steroid dienone is 4. The molecular weight excluding hydrogens is 564 g/mol. The average Bonchev–Trinajstić information content (AvgIpc) is 3.35. The molecule has 1 amide bonds. The summed E-state index contributed by atoms with van der Waals surface area (Å²) in [6.07, 6.45) is -7.93. The standard InChI is InChI=1S/C27H20ClF6N3O3/c28-18-6-8-19(9-7-18)37-22(26(29,30)31)20(15-35-37)23(38)36-21(24(39)40)14-25(27(32,33)34)12-10-17(11-13-25)16-4-2-1-3-5-16/h1-12,15,21H,13-14H2,(H,36,38)(H,39,40). The summed E-state index contributed by atoms with van der Waals surface area (Å²) in [5.41, 5.74) is -4.25. The zero-order chi connectivity index (χ0) is 29.3. The van der Waals surface area contributed by atoms with Crippen LogP contribution in [0.3, 0.4) is 0 Å². The lowest BCUT2D eigenvalue weighted by molar-refractivity contribution is -0.209. The zero-order valence-electron chi connectivity index (χ0n) is 20.3. The highest BCUT2D eigenvalue weighted by atomic mass is 35.5. The van der Waals surface area contributed by atoms with Crippen molar-refractivity contribution in [2.75, 3.05) is 0 Å². The van der Waals surface area contributed by atoms with Crippen LogP contribution < -0.4 is 5.32 Å². The normalized spacial score (nSPS) is 18.2. The number of nitrogens with one attached hydrogen (secondary N) is 1. The molecule has 2 N–H and O–H groups in total. The Morgan fingerprint density at radius 3 is 2.23 bits per heavy atom. The van der Waals surface area contributed by atoms with Crippen molar-refractivity contribution in [3.05, 3.63) is 101 Å². The van der Waals surface area contributed by atoms with Crippen molar-refractivity contribution in [2.45, 2.75) is 31.2 Å². The molecule has 1 aliphatic rings. The largest absolute Gasteiger partial charge is 0.480 e. The molecule has 3 aromatic rings. The molecule has 0 bridgehead atoms. The molecule has 0 saturated heterocycles. The molecule has 13 heteroatoms. The molecule has 1 aliphatic carbocycles. The molecule has 210 valence electrons. The molecule has 0 saturated carbocycles. The van der Waals surface area contributed by atoms with Crippen LogP contribution in [0.4, 0.5) is 26.3 Å². The highest BCUT2D eigenvalue weighted by Crippen LogP contribution is 2.49. The topological polar surface area (TPSA) is 84.2 Å². The van der Waals surface area contributed by atoms with Crippen LogP contribution in [-0.2, 0) is 11.0 Å². The van der Waals surface area contributed by atoms with Gasteiger partial charge in [-0.2, -0.15) is 31.4 Å². The minimum Gasteiger partial charge on any atom is -0.480 e. The van der Waals surface area contributed by atoms with Gasteiger partial charge in [-0.15, -0.1) is 0 Å². The number of amides is 1. The number of carbonyl (C=O) groups excluding carboxylic acids is 1. The third-order valence-corrected chi connectivity index (χ3v) is 6.72. The van der Waals surface area contributed by atoms with Gasteiger partial charge >= 0.3 is 18.3 Å². The van der Waals surface area contributed by atoms with E-state index in [9.17, 15) is 41.0 Å². The van der Waals surface area contributed by atoms with E-state index in [1.807, 2.05) is 5.32 Å². The Balaban J connectivity index is 1.63. The lowest BCUT2D eigenvalue weighted by Crippen LogP contribution is -2.48. The molecule has 0 spiro atoms. The number of carboxylic acids is 1. The van der Waals surface area contributed by atoms with Crippen molar-refractivity contribution in [2.24, 2.45) is 5.41 Å². The minimum atomic E-state index is -5.13. The van der Waals surface area contributed by atoms with Crippen molar-refractivity contribution in [3.63, 3.8) is 0 Å². The number of carboxylic acid groups (broad SMARTS) is 1. The maximum absolute atomic E-state index is 14.3. The number of alkyl halides is 6. The second-order valence-electron chi connectivity index (χ2n) is 9.08. The fourth-order valence-electron chi connectivity index (χ4n) is 4.37. The summed E-state index contributed by atoms with van der Waals surface area (Å²) >= 11 is 5.77. The summed E-state index contributed by atoms with van der Waals surface area (Å²) in [6, 6.07) is 11.4. The highest BCUT2D eigenvalue weighted by molar-refractivity contribution is 6.30. The van der Waals surface area contributed by atoms with Crippen LogP contribution in [0.15, 0.2) is 79.0 Å². The van der Waals surface area contributed by atoms with E-state index in [1.54, 1.807) is 30.3 Å². The van der Waals surface area contributed by atoms with E-state index in [-0.39, 0.29) is 10.7 Å². The van der Waals surface area contributed by atoms with Gasteiger partial charge in [0, 0.05) is 5.02 Å². The van der Waals surface area contributed by atoms with E-state index >= 15 is 0 Å². The molecule has 40 heavy (non-hydrogen) atoms. The lowest BCUT2D eigenvalue weighted by atomic mass is 9.74. The van der Waals surface area contributed by atoms with Gasteiger partial charge in [0.15, 0.2) is 5.69 Å². The zero-order valence-corrected chi connectivity index (χ0v) is 21.1. The quantitative estimate of drug-likeness (QED) is 0.303. The number of carbonyl (C=O) groups is 2. The molecular formula is C27H20ClF6N3O3. The number of hydrogen-bond acceptors (Lipinski definition) is 3. The van der Waals surface area contributed by atoms with Crippen LogP contribution in [-0.4, -0.2) is 39.0 Å². The van der Waals surface area contributed by atoms with Gasteiger partial charge in [0.2, 0.25) is 0 Å². The van der Waals surface area contributed by atoms with Crippen LogP contribution in [0.5, 0.6) is 0 Å². The lowest BCUT2D eigenvalue weighted by Gasteiger charge is -2.36. The van der Waals surface area contributed by atoms with Crippen LogP contribution >= 0.6 is 11.6 Å². The SMILES string of the molecule is O=C(NC(CC1(C(F)(F)F)C=CC(c2ccccc2)=CC1)C(=O)O)c1cnn(-c2ccc(Cl)cc2)c1C(F)(F)F. The Morgan fingerprint density at radius 1 is 1.05 bits per heavy atom. The number of rotatable bonds is 7. The Morgan fingerprint density at radius 2 is 1.70 bits per heavy atom. The predicted molar refractivity (Wildman–Crippen MR) is 134 cm³/mol. The molecule has 0 aliphatic heterocycles. The van der Waals surface area contributed by atoms with E-state index in [1.165, 1.54) is 36.4 Å². The Hall–Kier alpha value is -4.06.